The molecule has 3 nitrogen and oxygen atoms in total. The van der Waals surface area contributed by atoms with Crippen LogP contribution in [-0.4, -0.2) is 32.2 Å². The second-order valence-corrected chi connectivity index (χ2v) is 4.53. The molecule has 1 aliphatic rings. The van der Waals surface area contributed by atoms with Crippen molar-refractivity contribution in [2.24, 2.45) is 5.73 Å². The molecule has 0 amide bonds. The molecule has 0 unspecified atom stereocenters. The van der Waals surface area contributed by atoms with Crippen LogP contribution in [0.15, 0.2) is 0 Å². The molecule has 4 N–H and O–H groups in total. The zero-order valence-electron chi connectivity index (χ0n) is 9.93. The van der Waals surface area contributed by atoms with Gasteiger partial charge in [-0.15, -0.1) is 0 Å². The predicted octanol–water partition coefficient (Wildman–Crippen LogP) is 1.24. The summed E-state index contributed by atoms with van der Waals surface area (Å²) in [6, 6.07) is 0.808. The molecule has 0 saturated heterocycles. The van der Waals surface area contributed by atoms with E-state index in [1.807, 2.05) is 0 Å². The van der Waals surface area contributed by atoms with Crippen LogP contribution in [0.3, 0.4) is 0 Å². The molecule has 0 heterocycles. The Labute approximate surface area is 94.2 Å². The summed E-state index contributed by atoms with van der Waals surface area (Å²) in [7, 11) is 0. The summed E-state index contributed by atoms with van der Waals surface area (Å²) in [5, 5.41) is 7.05. The second-order valence-electron chi connectivity index (χ2n) is 4.53. The Bertz CT molecular complexity index is 133. The van der Waals surface area contributed by atoms with Crippen LogP contribution in [0.25, 0.3) is 0 Å². The van der Waals surface area contributed by atoms with Gasteiger partial charge in [-0.2, -0.15) is 0 Å². The fourth-order valence-electron chi connectivity index (χ4n) is 2.18. The van der Waals surface area contributed by atoms with Crippen LogP contribution in [0, 0.1) is 0 Å². The van der Waals surface area contributed by atoms with Crippen molar-refractivity contribution < 1.29 is 0 Å². The molecule has 0 aromatic rings. The average molecular weight is 213 g/mol. The van der Waals surface area contributed by atoms with E-state index in [9.17, 15) is 0 Å². The molecule has 0 aromatic heterocycles. The fourth-order valence-corrected chi connectivity index (χ4v) is 2.18. The van der Waals surface area contributed by atoms with Crippen LogP contribution in [0.5, 0.6) is 0 Å². The summed E-state index contributed by atoms with van der Waals surface area (Å²) < 4.78 is 0. The summed E-state index contributed by atoms with van der Waals surface area (Å²) in [6.45, 7) is 4.16. The van der Waals surface area contributed by atoms with Gasteiger partial charge in [-0.25, -0.2) is 0 Å². The number of rotatable bonds is 8. The van der Waals surface area contributed by atoms with Crippen LogP contribution in [0.2, 0.25) is 0 Å². The van der Waals surface area contributed by atoms with Gasteiger partial charge in [0.2, 0.25) is 0 Å². The molecule has 0 atom stereocenters. The summed E-state index contributed by atoms with van der Waals surface area (Å²) in [4.78, 5) is 0. The number of hydrogen-bond acceptors (Lipinski definition) is 3. The number of hydrogen-bond donors (Lipinski definition) is 3. The van der Waals surface area contributed by atoms with Crippen molar-refractivity contribution in [1.82, 2.24) is 10.6 Å². The second kappa shape index (κ2) is 9.13. The zero-order valence-corrected chi connectivity index (χ0v) is 9.93. The normalized spacial score (nSPS) is 18.2. The van der Waals surface area contributed by atoms with Crippen LogP contribution >= 0.6 is 0 Å². The lowest BCUT2D eigenvalue weighted by molar-refractivity contribution is 0.371. The van der Waals surface area contributed by atoms with Crippen molar-refractivity contribution in [3.8, 4) is 0 Å². The molecule has 0 radical (unpaired) electrons. The highest BCUT2D eigenvalue weighted by Crippen LogP contribution is 2.16. The molecule has 3 heteroatoms. The first-order valence-corrected chi connectivity index (χ1v) is 6.57. The maximum Gasteiger partial charge on any atom is 0.00670 e. The summed E-state index contributed by atoms with van der Waals surface area (Å²) in [5.74, 6) is 0. The maximum atomic E-state index is 5.41. The molecule has 1 aliphatic carbocycles. The van der Waals surface area contributed by atoms with Gasteiger partial charge in [0.25, 0.3) is 0 Å². The van der Waals surface area contributed by atoms with E-state index in [1.165, 1.54) is 45.1 Å². The Kier molecular flexibility index (Phi) is 7.88. The largest absolute Gasteiger partial charge is 0.330 e. The fraction of sp³-hybridized carbons (Fsp3) is 1.00. The van der Waals surface area contributed by atoms with E-state index in [0.29, 0.717) is 0 Å². The van der Waals surface area contributed by atoms with Crippen molar-refractivity contribution >= 4 is 0 Å². The zero-order chi connectivity index (χ0) is 10.8. The summed E-state index contributed by atoms with van der Waals surface area (Å²) >= 11 is 0. The van der Waals surface area contributed by atoms with Gasteiger partial charge in [0.05, 0.1) is 0 Å². The Hall–Kier alpha value is -0.120. The highest BCUT2D eigenvalue weighted by atomic mass is 14.9. The van der Waals surface area contributed by atoms with Crippen LogP contribution in [0.1, 0.15) is 44.9 Å². The van der Waals surface area contributed by atoms with Crippen molar-refractivity contribution in [1.29, 1.82) is 0 Å². The van der Waals surface area contributed by atoms with E-state index < -0.39 is 0 Å². The Balaban J connectivity index is 1.79. The predicted molar refractivity (Wildman–Crippen MR) is 66.0 cm³/mol. The van der Waals surface area contributed by atoms with Gasteiger partial charge in [-0.05, 0) is 51.9 Å². The third-order valence-corrected chi connectivity index (χ3v) is 3.13. The Morgan fingerprint density at radius 3 is 2.40 bits per heavy atom. The number of nitrogens with one attached hydrogen (secondary N) is 2. The third kappa shape index (κ3) is 6.88. The quantitative estimate of drug-likeness (QED) is 0.532. The molecule has 0 aromatic carbocycles. The molecule has 1 fully saturated rings. The van der Waals surface area contributed by atoms with Crippen molar-refractivity contribution in [2.45, 2.75) is 51.0 Å². The van der Waals surface area contributed by atoms with Gasteiger partial charge in [-0.1, -0.05) is 19.3 Å². The van der Waals surface area contributed by atoms with Gasteiger partial charge < -0.3 is 16.4 Å². The molecule has 0 aliphatic heterocycles. The minimum atomic E-state index is 0.799. The third-order valence-electron chi connectivity index (χ3n) is 3.13. The lowest BCUT2D eigenvalue weighted by Crippen LogP contribution is -2.33. The topological polar surface area (TPSA) is 50.1 Å². The Morgan fingerprint density at radius 2 is 1.67 bits per heavy atom. The Morgan fingerprint density at radius 1 is 0.933 bits per heavy atom. The van der Waals surface area contributed by atoms with Crippen LogP contribution < -0.4 is 16.4 Å². The standard InChI is InChI=1S/C12H27N3/c13-8-4-9-14-10-5-11-15-12-6-2-1-3-7-12/h12,14-15H,1-11,13H2. The summed E-state index contributed by atoms with van der Waals surface area (Å²) in [5.41, 5.74) is 5.41. The molecule has 15 heavy (non-hydrogen) atoms. The van der Waals surface area contributed by atoms with E-state index >= 15 is 0 Å². The van der Waals surface area contributed by atoms with Gasteiger partial charge >= 0.3 is 0 Å². The van der Waals surface area contributed by atoms with Crippen LogP contribution in [0.4, 0.5) is 0 Å². The van der Waals surface area contributed by atoms with Gasteiger partial charge in [-0.3, -0.25) is 0 Å². The highest BCUT2D eigenvalue weighted by Gasteiger charge is 2.11. The summed E-state index contributed by atoms with van der Waals surface area (Å²) in [6.07, 6.45) is 9.40. The SMILES string of the molecule is NCCCNCCCNC1CCCCC1. The van der Waals surface area contributed by atoms with Gasteiger partial charge in [0, 0.05) is 6.04 Å². The first-order valence-electron chi connectivity index (χ1n) is 6.57. The average Bonchev–Trinajstić information content (AvgIpc) is 2.29. The van der Waals surface area contributed by atoms with Crippen molar-refractivity contribution in [3.63, 3.8) is 0 Å². The molecule has 90 valence electrons. The molecule has 1 saturated carbocycles. The highest BCUT2D eigenvalue weighted by molar-refractivity contribution is 4.71. The van der Waals surface area contributed by atoms with E-state index in [0.717, 1.165) is 32.1 Å². The van der Waals surface area contributed by atoms with E-state index in [2.05, 4.69) is 10.6 Å². The first kappa shape index (κ1) is 12.9. The minimum Gasteiger partial charge on any atom is -0.330 e. The molecule has 1 rings (SSSR count). The maximum absolute atomic E-state index is 5.41. The molecular formula is C12H27N3. The minimum absolute atomic E-state index is 0.799. The van der Waals surface area contributed by atoms with Gasteiger partial charge in [0.1, 0.15) is 0 Å². The van der Waals surface area contributed by atoms with Crippen molar-refractivity contribution in [2.75, 3.05) is 26.2 Å². The van der Waals surface area contributed by atoms with Gasteiger partial charge in [0.15, 0.2) is 0 Å². The molecular weight excluding hydrogens is 186 g/mol. The molecule has 0 bridgehead atoms. The molecule has 0 spiro atoms. The van der Waals surface area contributed by atoms with Crippen molar-refractivity contribution in [3.05, 3.63) is 0 Å². The smallest absolute Gasteiger partial charge is 0.00670 e. The number of nitrogens with two attached hydrogens (primary N) is 1. The monoisotopic (exact) mass is 213 g/mol. The lowest BCUT2D eigenvalue weighted by Gasteiger charge is -2.22. The first-order chi connectivity index (χ1) is 7.43. The lowest BCUT2D eigenvalue weighted by atomic mass is 9.95. The van der Waals surface area contributed by atoms with E-state index in [4.69, 9.17) is 5.73 Å². The van der Waals surface area contributed by atoms with E-state index in [1.54, 1.807) is 0 Å². The van der Waals surface area contributed by atoms with E-state index in [-0.39, 0.29) is 0 Å². The van der Waals surface area contributed by atoms with Crippen LogP contribution in [-0.2, 0) is 0 Å².